The molecule has 218 valence electrons. The van der Waals surface area contributed by atoms with Crippen LogP contribution >= 0.6 is 11.3 Å². The van der Waals surface area contributed by atoms with Gasteiger partial charge < -0.3 is 26.1 Å². The van der Waals surface area contributed by atoms with E-state index in [0.29, 0.717) is 9.91 Å². The van der Waals surface area contributed by atoms with Crippen LogP contribution in [0.2, 0.25) is 0 Å². The second kappa shape index (κ2) is 11.1. The van der Waals surface area contributed by atoms with Gasteiger partial charge in [0, 0.05) is 10.9 Å². The molecule has 19 nitrogen and oxygen atoms in total. The molecule has 3 heterocycles. The van der Waals surface area contributed by atoms with Crippen LogP contribution in [0.25, 0.3) is 0 Å². The Bertz CT molecular complexity index is 1570. The van der Waals surface area contributed by atoms with Crippen LogP contribution in [0.1, 0.15) is 16.1 Å². The molecule has 0 unspecified atom stereocenters. The van der Waals surface area contributed by atoms with Gasteiger partial charge in [-0.2, -0.15) is 8.42 Å². The number of urea groups is 2. The van der Waals surface area contributed by atoms with E-state index in [-0.39, 0.29) is 33.0 Å². The zero-order valence-electron chi connectivity index (χ0n) is 20.8. The van der Waals surface area contributed by atoms with E-state index in [4.69, 9.17) is 5.73 Å². The number of likely N-dealkylation sites (tertiary alicyclic amines) is 1. The highest BCUT2D eigenvalue weighted by molar-refractivity contribution is 7.88. The molecule has 1 aromatic carbocycles. The molecule has 0 spiro atoms. The summed E-state index contributed by atoms with van der Waals surface area (Å²) in [4.78, 5) is 71.5. The Balaban J connectivity index is 1.32. The third kappa shape index (κ3) is 5.89. The first-order valence-electron chi connectivity index (χ1n) is 11.3. The number of β-lactam (4-membered cyclic amide) rings is 1. The number of phenols is 2. The Kier molecular flexibility index (Phi) is 7.82. The molecule has 7 amide bonds. The van der Waals surface area contributed by atoms with Crippen molar-refractivity contribution in [2.24, 2.45) is 5.16 Å². The van der Waals surface area contributed by atoms with Crippen LogP contribution in [0.5, 0.6) is 11.5 Å². The summed E-state index contributed by atoms with van der Waals surface area (Å²) in [5.74, 6) is -3.77. The number of oxime groups is 1. The van der Waals surface area contributed by atoms with Gasteiger partial charge in [0.1, 0.15) is 18.8 Å². The molecular formula is C20H21N9O10S2. The van der Waals surface area contributed by atoms with Crippen LogP contribution in [-0.2, 0) is 24.6 Å². The van der Waals surface area contributed by atoms with E-state index in [2.05, 4.69) is 25.7 Å². The summed E-state index contributed by atoms with van der Waals surface area (Å²) in [6.07, 6.45) is 0. The lowest BCUT2D eigenvalue weighted by molar-refractivity contribution is -0.141. The van der Waals surface area contributed by atoms with E-state index in [1.54, 1.807) is 4.72 Å². The number of amides is 7. The molecule has 21 heteroatoms. The number of benzene rings is 1. The Morgan fingerprint density at radius 2 is 1.93 bits per heavy atom. The predicted octanol–water partition coefficient (Wildman–Crippen LogP) is -2.15. The summed E-state index contributed by atoms with van der Waals surface area (Å²) < 4.78 is 27.2. The van der Waals surface area contributed by atoms with Crippen LogP contribution in [-0.4, -0.2) is 106 Å². The lowest BCUT2D eigenvalue weighted by atomic mass is 10.1. The quantitative estimate of drug-likeness (QED) is 0.0807. The maximum atomic E-state index is 12.7. The zero-order chi connectivity index (χ0) is 30.1. The number of aromatic hydroxyl groups is 2. The fourth-order valence-electron chi connectivity index (χ4n) is 3.55. The zero-order valence-corrected chi connectivity index (χ0v) is 22.4. The molecule has 2 aromatic rings. The van der Waals surface area contributed by atoms with Gasteiger partial charge in [0.2, 0.25) is 0 Å². The Morgan fingerprint density at radius 3 is 2.54 bits per heavy atom. The second-order valence-corrected chi connectivity index (χ2v) is 10.7. The Morgan fingerprint density at radius 1 is 1.20 bits per heavy atom. The van der Waals surface area contributed by atoms with Crippen molar-refractivity contribution >= 4 is 62.2 Å². The molecule has 2 saturated heterocycles. The molecule has 2 fully saturated rings. The van der Waals surface area contributed by atoms with Crippen molar-refractivity contribution in [3.05, 3.63) is 34.8 Å². The SMILES string of the molecule is CO/N=C(\C(=O)N[C@H]1CN(C(=O)NS(=O)(=O)N2CCN(NC(=O)c3ccc(O)c(O)c3)C2=O)C1=O)c1csc(N)n1. The molecule has 0 aliphatic carbocycles. The number of nitrogen functional groups attached to an aromatic ring is 1. The van der Waals surface area contributed by atoms with Crippen molar-refractivity contribution < 1.29 is 47.4 Å². The van der Waals surface area contributed by atoms with E-state index in [0.717, 1.165) is 29.5 Å². The first kappa shape index (κ1) is 28.8. The van der Waals surface area contributed by atoms with Gasteiger partial charge in [0.15, 0.2) is 22.3 Å². The Hall–Kier alpha value is -5.18. The number of hydrogen-bond acceptors (Lipinski definition) is 14. The minimum atomic E-state index is -4.81. The van der Waals surface area contributed by atoms with Gasteiger partial charge in [-0.25, -0.2) is 28.6 Å². The molecule has 1 atom stereocenters. The van der Waals surface area contributed by atoms with E-state index in [9.17, 15) is 42.6 Å². The van der Waals surface area contributed by atoms with E-state index in [1.165, 1.54) is 12.5 Å². The van der Waals surface area contributed by atoms with Gasteiger partial charge in [-0.05, 0) is 18.2 Å². The van der Waals surface area contributed by atoms with E-state index in [1.807, 2.05) is 0 Å². The van der Waals surface area contributed by atoms with Crippen LogP contribution in [0.4, 0.5) is 14.7 Å². The minimum Gasteiger partial charge on any atom is -0.504 e. The number of carbonyl (C=O) groups is 5. The van der Waals surface area contributed by atoms with Crippen LogP contribution in [0.15, 0.2) is 28.7 Å². The molecule has 0 saturated carbocycles. The molecule has 2 aliphatic heterocycles. The number of anilines is 1. The van der Waals surface area contributed by atoms with Crippen molar-refractivity contribution in [3.8, 4) is 11.5 Å². The van der Waals surface area contributed by atoms with Crippen LogP contribution < -0.4 is 21.2 Å². The number of hydrazine groups is 1. The van der Waals surface area contributed by atoms with Crippen LogP contribution in [0, 0.1) is 0 Å². The van der Waals surface area contributed by atoms with Crippen molar-refractivity contribution in [3.63, 3.8) is 0 Å². The van der Waals surface area contributed by atoms with Gasteiger partial charge in [-0.15, -0.1) is 11.3 Å². The minimum absolute atomic E-state index is 0.0843. The first-order chi connectivity index (χ1) is 19.3. The molecule has 0 bridgehead atoms. The van der Waals surface area contributed by atoms with Gasteiger partial charge in [0.05, 0.1) is 19.6 Å². The summed E-state index contributed by atoms with van der Waals surface area (Å²) >= 11 is 1.03. The molecule has 41 heavy (non-hydrogen) atoms. The standard InChI is InChI=1S/C20H21N9O10S2/c1-39-25-14(11-8-40-18(21)23-11)16(33)22-10-7-27(17(10)34)19(35)26-41(37,38)29-5-4-28(20(29)36)24-15(32)9-2-3-12(30)13(31)6-9/h2-3,6,8,10,30-31H,4-5,7H2,1H3,(H2,21,23)(H,22,33)(H,24,32)(H,26,35)/b25-14-/t10-/m0/s1. The third-order valence-corrected chi connectivity index (χ3v) is 7.62. The summed E-state index contributed by atoms with van der Waals surface area (Å²) in [6, 6.07) is -0.673. The van der Waals surface area contributed by atoms with Crippen molar-refractivity contribution in [1.29, 1.82) is 0 Å². The van der Waals surface area contributed by atoms with E-state index < -0.39 is 70.6 Å². The average Bonchev–Trinajstić information content (AvgIpc) is 3.51. The summed E-state index contributed by atoms with van der Waals surface area (Å²) in [7, 11) is -3.63. The maximum absolute atomic E-state index is 12.7. The van der Waals surface area contributed by atoms with Gasteiger partial charge in [-0.3, -0.25) is 24.7 Å². The highest BCUT2D eigenvalue weighted by Crippen LogP contribution is 2.25. The second-order valence-electron chi connectivity index (χ2n) is 8.23. The van der Waals surface area contributed by atoms with Crippen molar-refractivity contribution in [1.82, 2.24) is 34.7 Å². The summed E-state index contributed by atoms with van der Waals surface area (Å²) in [5, 5.41) is 27.0. The van der Waals surface area contributed by atoms with Crippen molar-refractivity contribution in [2.75, 3.05) is 32.5 Å². The normalized spacial score (nSPS) is 17.2. The molecule has 2 aliphatic rings. The number of nitrogens with zero attached hydrogens (tertiary/aromatic N) is 5. The fraction of sp³-hybridized carbons (Fsp3) is 0.250. The lowest BCUT2D eigenvalue weighted by Crippen LogP contribution is -2.68. The lowest BCUT2D eigenvalue weighted by Gasteiger charge is -2.36. The number of nitrogens with two attached hydrogens (primary N) is 1. The Labute approximate surface area is 234 Å². The summed E-state index contributed by atoms with van der Waals surface area (Å²) in [5.41, 5.74) is 7.36. The van der Waals surface area contributed by atoms with Crippen molar-refractivity contribution in [2.45, 2.75) is 6.04 Å². The smallest absolute Gasteiger partial charge is 0.353 e. The number of hydrogen-bond donors (Lipinski definition) is 6. The molecule has 1 aromatic heterocycles. The number of aromatic nitrogens is 1. The monoisotopic (exact) mass is 611 g/mol. The largest absolute Gasteiger partial charge is 0.504 e. The third-order valence-electron chi connectivity index (χ3n) is 5.59. The molecule has 7 N–H and O–H groups in total. The average molecular weight is 612 g/mol. The molecule has 0 radical (unpaired) electrons. The number of phenolic OH excluding ortho intramolecular Hbond substituents is 2. The predicted molar refractivity (Wildman–Crippen MR) is 137 cm³/mol. The number of thiazole rings is 1. The highest BCUT2D eigenvalue weighted by Gasteiger charge is 2.45. The molecule has 4 rings (SSSR count). The number of rotatable bonds is 8. The maximum Gasteiger partial charge on any atom is 0.353 e. The van der Waals surface area contributed by atoms with Gasteiger partial charge in [-0.1, -0.05) is 5.16 Å². The summed E-state index contributed by atoms with van der Waals surface area (Å²) in [6.45, 7) is -1.16. The first-order valence-corrected chi connectivity index (χ1v) is 13.6. The number of imide groups is 1. The number of carbonyl (C=O) groups excluding carboxylic acids is 5. The van der Waals surface area contributed by atoms with E-state index >= 15 is 0 Å². The highest BCUT2D eigenvalue weighted by atomic mass is 32.2. The number of nitrogens with one attached hydrogen (secondary N) is 3. The van der Waals surface area contributed by atoms with Crippen LogP contribution in [0.3, 0.4) is 0 Å². The topological polar surface area (TPSA) is 266 Å². The molecular weight excluding hydrogens is 590 g/mol. The van der Waals surface area contributed by atoms with Gasteiger partial charge >= 0.3 is 22.3 Å². The van der Waals surface area contributed by atoms with Gasteiger partial charge in [0.25, 0.3) is 17.7 Å². The fourth-order valence-corrected chi connectivity index (χ4v) is 5.17.